The highest BCUT2D eigenvalue weighted by molar-refractivity contribution is 5.94. The number of likely N-dealkylation sites (tertiary alicyclic amines) is 1. The first kappa shape index (κ1) is 16.5. The van der Waals surface area contributed by atoms with Crippen LogP contribution in [0, 0.1) is 18.6 Å². The first-order valence-electron chi connectivity index (χ1n) is 7.68. The quantitative estimate of drug-likeness (QED) is 0.857. The molecule has 1 fully saturated rings. The van der Waals surface area contributed by atoms with Gasteiger partial charge in [0.1, 0.15) is 18.2 Å². The molecule has 0 spiro atoms. The van der Waals surface area contributed by atoms with Crippen LogP contribution in [0.25, 0.3) is 0 Å². The van der Waals surface area contributed by atoms with E-state index in [-0.39, 0.29) is 18.3 Å². The molecule has 1 aromatic heterocycles. The van der Waals surface area contributed by atoms with Crippen LogP contribution in [-0.4, -0.2) is 40.1 Å². The monoisotopic (exact) mass is 337 g/mol. The molecule has 1 aliphatic heterocycles. The van der Waals surface area contributed by atoms with Crippen LogP contribution in [0.2, 0.25) is 0 Å². The van der Waals surface area contributed by atoms with Gasteiger partial charge in [-0.15, -0.1) is 0 Å². The van der Waals surface area contributed by atoms with Crippen molar-refractivity contribution < 1.29 is 22.8 Å². The Hall–Kier alpha value is -2.35. The zero-order valence-electron chi connectivity index (χ0n) is 13.2. The number of hydrogen-bond donors (Lipinski definition) is 0. The third kappa shape index (κ3) is 3.76. The molecule has 6 nitrogen and oxygen atoms in total. The summed E-state index contributed by atoms with van der Waals surface area (Å²) < 4.78 is 37.4. The maximum absolute atomic E-state index is 13.8. The molecule has 0 N–H and O–H groups in total. The number of nitrogens with zero attached hydrogens (tertiary/aromatic N) is 3. The van der Waals surface area contributed by atoms with Crippen molar-refractivity contribution >= 4 is 5.91 Å². The van der Waals surface area contributed by atoms with Crippen molar-refractivity contribution in [3.8, 4) is 0 Å². The molecule has 3 rings (SSSR count). The van der Waals surface area contributed by atoms with Crippen molar-refractivity contribution in [2.24, 2.45) is 0 Å². The van der Waals surface area contributed by atoms with E-state index < -0.39 is 17.5 Å². The average molecular weight is 337 g/mol. The maximum atomic E-state index is 13.8. The second kappa shape index (κ2) is 7.04. The number of carbonyl (C=O) groups excluding carboxylic acids is 1. The largest absolute Gasteiger partial charge is 0.367 e. The Kier molecular flexibility index (Phi) is 4.84. The van der Waals surface area contributed by atoms with Gasteiger partial charge in [0.2, 0.25) is 0 Å². The fourth-order valence-corrected chi connectivity index (χ4v) is 2.68. The molecule has 8 heteroatoms. The Labute approximate surface area is 137 Å². The summed E-state index contributed by atoms with van der Waals surface area (Å²) in [6, 6.07) is 2.95. The smallest absolute Gasteiger partial charge is 0.256 e. The predicted molar refractivity (Wildman–Crippen MR) is 79.1 cm³/mol. The van der Waals surface area contributed by atoms with Crippen LogP contribution >= 0.6 is 0 Å². The Balaban J connectivity index is 1.61. The normalized spacial score (nSPS) is 18.0. The lowest BCUT2D eigenvalue weighted by molar-refractivity contribution is -0.0154. The van der Waals surface area contributed by atoms with E-state index >= 15 is 0 Å². The van der Waals surface area contributed by atoms with Gasteiger partial charge in [0.15, 0.2) is 5.82 Å². The molecule has 1 amide bonds. The third-order valence-electron chi connectivity index (χ3n) is 3.84. The zero-order valence-corrected chi connectivity index (χ0v) is 13.2. The summed E-state index contributed by atoms with van der Waals surface area (Å²) in [5, 5.41) is 3.68. The van der Waals surface area contributed by atoms with Gasteiger partial charge >= 0.3 is 0 Å². The molecule has 0 bridgehead atoms. The lowest BCUT2D eigenvalue weighted by Gasteiger charge is -2.32. The number of rotatable bonds is 4. The second-order valence-corrected chi connectivity index (χ2v) is 5.69. The van der Waals surface area contributed by atoms with Gasteiger partial charge in [-0.1, -0.05) is 5.16 Å². The molecule has 1 atom stereocenters. The van der Waals surface area contributed by atoms with Crippen molar-refractivity contribution in [2.75, 3.05) is 13.1 Å². The molecule has 24 heavy (non-hydrogen) atoms. The van der Waals surface area contributed by atoms with E-state index in [0.717, 1.165) is 18.9 Å². The van der Waals surface area contributed by atoms with Gasteiger partial charge in [-0.3, -0.25) is 4.79 Å². The molecule has 2 heterocycles. The Morgan fingerprint density at radius 3 is 3.00 bits per heavy atom. The molecule has 1 aliphatic rings. The summed E-state index contributed by atoms with van der Waals surface area (Å²) in [6.07, 6.45) is 1.32. The highest BCUT2D eigenvalue weighted by Crippen LogP contribution is 2.19. The Bertz CT molecular complexity index is 735. The molecule has 2 aromatic rings. The average Bonchev–Trinajstić information content (AvgIpc) is 2.98. The minimum Gasteiger partial charge on any atom is -0.367 e. The minimum absolute atomic E-state index is 0.135. The lowest BCUT2D eigenvalue weighted by Crippen LogP contribution is -2.43. The second-order valence-electron chi connectivity index (χ2n) is 5.69. The van der Waals surface area contributed by atoms with Gasteiger partial charge in [0, 0.05) is 19.2 Å². The molecule has 0 aliphatic carbocycles. The number of piperidine rings is 1. The van der Waals surface area contributed by atoms with E-state index in [0.29, 0.717) is 30.9 Å². The highest BCUT2D eigenvalue weighted by atomic mass is 19.1. The van der Waals surface area contributed by atoms with Gasteiger partial charge in [-0.2, -0.15) is 4.98 Å². The van der Waals surface area contributed by atoms with Gasteiger partial charge in [0.05, 0.1) is 11.7 Å². The van der Waals surface area contributed by atoms with Crippen LogP contribution in [-0.2, 0) is 11.3 Å². The first-order chi connectivity index (χ1) is 11.5. The van der Waals surface area contributed by atoms with E-state index in [2.05, 4.69) is 10.1 Å². The Morgan fingerprint density at radius 1 is 1.46 bits per heavy atom. The lowest BCUT2D eigenvalue weighted by atomic mass is 10.1. The summed E-state index contributed by atoms with van der Waals surface area (Å²) in [7, 11) is 0. The molecule has 1 saturated heterocycles. The molecule has 0 radical (unpaired) electrons. The fourth-order valence-electron chi connectivity index (χ4n) is 2.68. The Morgan fingerprint density at radius 2 is 2.29 bits per heavy atom. The van der Waals surface area contributed by atoms with Crippen molar-refractivity contribution in [3.63, 3.8) is 0 Å². The molecular weight excluding hydrogens is 320 g/mol. The van der Waals surface area contributed by atoms with E-state index in [1.807, 2.05) is 0 Å². The van der Waals surface area contributed by atoms with E-state index in [1.54, 1.807) is 6.92 Å². The van der Waals surface area contributed by atoms with Crippen LogP contribution in [0.4, 0.5) is 8.78 Å². The van der Waals surface area contributed by atoms with E-state index in [4.69, 9.17) is 9.26 Å². The van der Waals surface area contributed by atoms with Gasteiger partial charge in [-0.05, 0) is 31.9 Å². The number of benzene rings is 1. The number of carbonyl (C=O) groups is 1. The fraction of sp³-hybridized carbons (Fsp3) is 0.438. The molecular formula is C16H17F2N3O3. The van der Waals surface area contributed by atoms with Crippen LogP contribution in [0.5, 0.6) is 0 Å². The van der Waals surface area contributed by atoms with E-state index in [9.17, 15) is 13.6 Å². The van der Waals surface area contributed by atoms with Gasteiger partial charge in [-0.25, -0.2) is 8.78 Å². The number of amides is 1. The number of aryl methyl sites for hydroxylation is 1. The van der Waals surface area contributed by atoms with Crippen molar-refractivity contribution in [1.82, 2.24) is 15.0 Å². The highest BCUT2D eigenvalue weighted by Gasteiger charge is 2.27. The van der Waals surface area contributed by atoms with Crippen LogP contribution < -0.4 is 0 Å². The predicted octanol–water partition coefficient (Wildman–Crippen LogP) is 2.48. The van der Waals surface area contributed by atoms with Crippen molar-refractivity contribution in [1.29, 1.82) is 0 Å². The molecule has 0 saturated carbocycles. The van der Waals surface area contributed by atoms with Crippen LogP contribution in [0.3, 0.4) is 0 Å². The molecule has 1 aromatic carbocycles. The molecule has 1 unspecified atom stereocenters. The zero-order chi connectivity index (χ0) is 17.1. The number of halogens is 2. The number of ether oxygens (including phenoxy) is 1. The summed E-state index contributed by atoms with van der Waals surface area (Å²) in [6.45, 7) is 2.72. The number of aromatic nitrogens is 2. The summed E-state index contributed by atoms with van der Waals surface area (Å²) in [4.78, 5) is 18.0. The van der Waals surface area contributed by atoms with Gasteiger partial charge < -0.3 is 14.2 Å². The first-order valence-corrected chi connectivity index (χ1v) is 7.68. The van der Waals surface area contributed by atoms with Crippen molar-refractivity contribution in [2.45, 2.75) is 32.5 Å². The van der Waals surface area contributed by atoms with Crippen LogP contribution in [0.1, 0.15) is 34.9 Å². The van der Waals surface area contributed by atoms with Crippen molar-refractivity contribution in [3.05, 3.63) is 47.1 Å². The molecule has 128 valence electrons. The SMILES string of the molecule is Cc1noc(COC2CCCN(C(=O)c3ccc(F)cc3F)C2)n1. The minimum atomic E-state index is -0.857. The van der Waals surface area contributed by atoms with E-state index in [1.165, 1.54) is 11.0 Å². The standard InChI is InChI=1S/C16H17F2N3O3/c1-10-19-15(24-20-10)9-23-12-3-2-6-21(8-12)16(22)13-5-4-11(17)7-14(13)18/h4-5,7,12H,2-3,6,8-9H2,1H3. The van der Waals surface area contributed by atoms with Crippen LogP contribution in [0.15, 0.2) is 22.7 Å². The third-order valence-corrected chi connectivity index (χ3v) is 3.84. The maximum Gasteiger partial charge on any atom is 0.256 e. The van der Waals surface area contributed by atoms with Gasteiger partial charge in [0.25, 0.3) is 11.8 Å². The summed E-state index contributed by atoms with van der Waals surface area (Å²) in [5.41, 5.74) is -0.135. The summed E-state index contributed by atoms with van der Waals surface area (Å²) in [5.74, 6) is -1.13. The summed E-state index contributed by atoms with van der Waals surface area (Å²) >= 11 is 0. The topological polar surface area (TPSA) is 68.5 Å². The number of hydrogen-bond acceptors (Lipinski definition) is 5.